The van der Waals surface area contributed by atoms with Gasteiger partial charge in [0.05, 0.1) is 21.7 Å². The van der Waals surface area contributed by atoms with E-state index in [1.165, 1.54) is 11.8 Å². The zero-order valence-electron chi connectivity index (χ0n) is 16.9. The molecule has 0 N–H and O–H groups in total. The van der Waals surface area contributed by atoms with Crippen LogP contribution in [0.2, 0.25) is 0 Å². The number of carbonyl (C=O) groups is 1. The molecule has 7 nitrogen and oxygen atoms in total. The lowest BCUT2D eigenvalue weighted by Crippen LogP contribution is -2.37. The van der Waals surface area contributed by atoms with Crippen molar-refractivity contribution in [3.05, 3.63) is 50.9 Å². The van der Waals surface area contributed by atoms with Crippen molar-refractivity contribution in [3.8, 4) is 22.9 Å². The Bertz CT molecular complexity index is 1140. The molecule has 10 heteroatoms. The van der Waals surface area contributed by atoms with E-state index in [1.807, 2.05) is 49.6 Å². The molecule has 2 aromatic carbocycles. The summed E-state index contributed by atoms with van der Waals surface area (Å²) in [4.78, 5) is 19.4. The minimum Gasteiger partial charge on any atom is -0.494 e. The quantitative estimate of drug-likeness (QED) is 0.379. The van der Waals surface area contributed by atoms with Gasteiger partial charge in [-0.25, -0.2) is 0 Å². The maximum atomic E-state index is 13.2. The van der Waals surface area contributed by atoms with Gasteiger partial charge in [-0.15, -0.1) is 10.2 Å². The van der Waals surface area contributed by atoms with Crippen LogP contribution in [0.5, 0.6) is 11.6 Å². The summed E-state index contributed by atoms with van der Waals surface area (Å²) in [6.45, 7) is 1.82. The van der Waals surface area contributed by atoms with Crippen LogP contribution >= 0.6 is 43.6 Å². The maximum absolute atomic E-state index is 13.2. The number of aromatic nitrogens is 3. The highest BCUT2D eigenvalue weighted by Gasteiger charge is 2.35. The van der Waals surface area contributed by atoms with Gasteiger partial charge in [-0.1, -0.05) is 36.9 Å². The first kappa shape index (κ1) is 22.0. The number of hydrogen-bond donors (Lipinski definition) is 0. The van der Waals surface area contributed by atoms with Gasteiger partial charge >= 0.3 is 0 Å². The van der Waals surface area contributed by atoms with Crippen LogP contribution in [0.1, 0.15) is 25.1 Å². The van der Waals surface area contributed by atoms with Crippen molar-refractivity contribution in [2.75, 3.05) is 18.3 Å². The van der Waals surface area contributed by atoms with Crippen LogP contribution in [-0.2, 0) is 4.79 Å². The molecule has 3 aromatic rings. The fraction of sp³-hybridized carbons (Fsp3) is 0.238. The fourth-order valence-electron chi connectivity index (χ4n) is 3.37. The molecule has 1 amide bonds. The number of anilines is 1. The van der Waals surface area contributed by atoms with E-state index in [1.54, 1.807) is 12.0 Å². The predicted molar refractivity (Wildman–Crippen MR) is 127 cm³/mol. The first-order chi connectivity index (χ1) is 15.0. The first-order valence-corrected chi connectivity index (χ1v) is 12.2. The third-order valence-corrected chi connectivity index (χ3v) is 6.49. The van der Waals surface area contributed by atoms with Gasteiger partial charge < -0.3 is 9.47 Å². The van der Waals surface area contributed by atoms with Gasteiger partial charge in [-0.05, 0) is 56.3 Å². The summed E-state index contributed by atoms with van der Waals surface area (Å²) in [5.41, 5.74) is 2.67. The number of halogens is 2. The lowest BCUT2D eigenvalue weighted by atomic mass is 10.1. The van der Waals surface area contributed by atoms with Crippen LogP contribution in [0, 0.1) is 0 Å². The average Bonchev–Trinajstić information content (AvgIpc) is 2.92. The van der Waals surface area contributed by atoms with Crippen LogP contribution in [0.15, 0.2) is 50.5 Å². The highest BCUT2D eigenvalue weighted by molar-refractivity contribution is 9.11. The van der Waals surface area contributed by atoms with Gasteiger partial charge in [0.25, 0.3) is 0 Å². The van der Waals surface area contributed by atoms with Crippen LogP contribution < -0.4 is 14.4 Å². The molecule has 0 saturated heterocycles. The molecule has 4 rings (SSSR count). The monoisotopic (exact) mass is 564 g/mol. The van der Waals surface area contributed by atoms with Crippen LogP contribution in [-0.4, -0.2) is 34.5 Å². The second-order valence-corrected chi connectivity index (χ2v) is 9.06. The summed E-state index contributed by atoms with van der Waals surface area (Å²) in [6.07, 6.45) is 1.41. The number of para-hydroxylation sites is 1. The maximum Gasteiger partial charge on any atom is 0.247 e. The van der Waals surface area contributed by atoms with E-state index in [0.717, 1.165) is 20.1 Å². The molecule has 0 saturated carbocycles. The number of amides is 1. The lowest BCUT2D eigenvalue weighted by molar-refractivity contribution is -0.120. The summed E-state index contributed by atoms with van der Waals surface area (Å²) < 4.78 is 13.3. The number of rotatable bonds is 4. The number of ether oxygens (including phenoxy) is 2. The second kappa shape index (κ2) is 9.13. The molecule has 2 heterocycles. The second-order valence-electron chi connectivity index (χ2n) is 6.57. The van der Waals surface area contributed by atoms with Crippen molar-refractivity contribution in [2.45, 2.75) is 24.7 Å². The SMILES string of the molecule is CCC(=O)N1c2ccccc2-c2nnc(SC)nc2O[C@@H]1c1cc(Br)c(OC)c(Br)c1. The molecule has 31 heavy (non-hydrogen) atoms. The molecular formula is C21H18Br2N4O3S. The van der Waals surface area contributed by atoms with E-state index in [0.29, 0.717) is 34.6 Å². The van der Waals surface area contributed by atoms with E-state index < -0.39 is 6.23 Å². The molecule has 0 spiro atoms. The van der Waals surface area contributed by atoms with Crippen molar-refractivity contribution in [1.29, 1.82) is 0 Å². The van der Waals surface area contributed by atoms with E-state index in [-0.39, 0.29) is 5.91 Å². The Morgan fingerprint density at radius 2 is 1.94 bits per heavy atom. The van der Waals surface area contributed by atoms with Crippen LogP contribution in [0.4, 0.5) is 5.69 Å². The van der Waals surface area contributed by atoms with Crippen LogP contribution in [0.25, 0.3) is 11.3 Å². The van der Waals surface area contributed by atoms with Crippen molar-refractivity contribution in [2.24, 2.45) is 0 Å². The highest BCUT2D eigenvalue weighted by Crippen LogP contribution is 2.45. The Balaban J connectivity index is 1.98. The van der Waals surface area contributed by atoms with Crippen molar-refractivity contribution in [1.82, 2.24) is 15.2 Å². The van der Waals surface area contributed by atoms with Gasteiger partial charge in [0, 0.05) is 17.5 Å². The molecule has 1 aromatic heterocycles. The number of hydrogen-bond acceptors (Lipinski definition) is 7. The normalized spacial score (nSPS) is 14.9. The molecule has 0 bridgehead atoms. The Kier molecular flexibility index (Phi) is 6.49. The molecule has 1 aliphatic rings. The van der Waals surface area contributed by atoms with E-state index in [2.05, 4.69) is 47.0 Å². The largest absolute Gasteiger partial charge is 0.494 e. The predicted octanol–water partition coefficient (Wildman–Crippen LogP) is 5.63. The number of methoxy groups -OCH3 is 1. The average molecular weight is 566 g/mol. The zero-order chi connectivity index (χ0) is 22.1. The van der Waals surface area contributed by atoms with E-state index in [4.69, 9.17) is 9.47 Å². The van der Waals surface area contributed by atoms with Crippen molar-refractivity contribution >= 4 is 55.2 Å². The highest BCUT2D eigenvalue weighted by atomic mass is 79.9. The third-order valence-electron chi connectivity index (χ3n) is 4.78. The molecular weight excluding hydrogens is 548 g/mol. The Hall–Kier alpha value is -2.17. The zero-order valence-corrected chi connectivity index (χ0v) is 20.9. The standard InChI is InChI=1S/C21H18Br2N4O3S/c1-4-16(28)27-15-8-6-5-7-12(15)17-19(24-21(31-3)26-25-17)30-20(27)11-9-13(22)18(29-2)14(23)10-11/h5-10,20H,4H2,1-3H3/t20-/m1/s1. The number of fused-ring (bicyclic) bond motifs is 3. The summed E-state index contributed by atoms with van der Waals surface area (Å²) in [5.74, 6) is 0.887. The van der Waals surface area contributed by atoms with Crippen LogP contribution in [0.3, 0.4) is 0 Å². The number of benzene rings is 2. The molecule has 0 radical (unpaired) electrons. The lowest BCUT2D eigenvalue weighted by Gasteiger charge is -2.31. The summed E-state index contributed by atoms with van der Waals surface area (Å²) in [7, 11) is 1.60. The van der Waals surface area contributed by atoms with Gasteiger partial charge in [0.2, 0.25) is 23.2 Å². The molecule has 0 aliphatic carbocycles. The van der Waals surface area contributed by atoms with Gasteiger partial charge in [-0.2, -0.15) is 4.98 Å². The van der Waals surface area contributed by atoms with Crippen molar-refractivity contribution < 1.29 is 14.3 Å². The Morgan fingerprint density at radius 3 is 2.58 bits per heavy atom. The third kappa shape index (κ3) is 4.04. The Labute approximate surface area is 200 Å². The van der Waals surface area contributed by atoms with Gasteiger partial charge in [0.15, 0.2) is 5.69 Å². The molecule has 0 fully saturated rings. The minimum absolute atomic E-state index is 0.0913. The topological polar surface area (TPSA) is 77.4 Å². The molecule has 160 valence electrons. The number of carbonyl (C=O) groups excluding carboxylic acids is 1. The summed E-state index contributed by atoms with van der Waals surface area (Å²) >= 11 is 8.47. The molecule has 0 unspecified atom stereocenters. The molecule has 1 atom stereocenters. The number of nitrogens with zero attached hydrogens (tertiary/aromatic N) is 4. The number of thioether (sulfide) groups is 1. The first-order valence-electron chi connectivity index (χ1n) is 9.38. The molecule has 1 aliphatic heterocycles. The Morgan fingerprint density at radius 1 is 1.23 bits per heavy atom. The summed E-state index contributed by atoms with van der Waals surface area (Å²) in [5, 5.41) is 9.03. The summed E-state index contributed by atoms with van der Waals surface area (Å²) in [6, 6.07) is 11.3. The van der Waals surface area contributed by atoms with Gasteiger partial charge in [-0.3, -0.25) is 9.69 Å². The fourth-order valence-corrected chi connectivity index (χ4v) is 5.22. The minimum atomic E-state index is -0.764. The van der Waals surface area contributed by atoms with Gasteiger partial charge in [0.1, 0.15) is 5.75 Å². The van der Waals surface area contributed by atoms with E-state index in [9.17, 15) is 4.79 Å². The smallest absolute Gasteiger partial charge is 0.247 e. The van der Waals surface area contributed by atoms with E-state index >= 15 is 0 Å². The van der Waals surface area contributed by atoms with Crippen molar-refractivity contribution in [3.63, 3.8) is 0 Å².